The van der Waals surface area contributed by atoms with E-state index >= 15 is 0 Å². The van der Waals surface area contributed by atoms with Gasteiger partial charge in [-0.2, -0.15) is 0 Å². The molecule has 3 aromatic rings. The lowest BCUT2D eigenvalue weighted by molar-refractivity contribution is -0.532. The Balaban J connectivity index is 1.52. The van der Waals surface area contributed by atoms with E-state index in [1.807, 2.05) is 50.2 Å². The predicted octanol–water partition coefficient (Wildman–Crippen LogP) is 4.23. The Morgan fingerprint density at radius 2 is 1.74 bits per heavy atom. The van der Waals surface area contributed by atoms with Gasteiger partial charge in [0.2, 0.25) is 0 Å². The number of nitrogens with one attached hydrogen (secondary N) is 2. The molecule has 3 aromatic carbocycles. The zero-order chi connectivity index (χ0) is 24.6. The number of fused-ring (bicyclic) bond motifs is 2. The van der Waals surface area contributed by atoms with Crippen molar-refractivity contribution in [3.8, 4) is 11.5 Å². The molecule has 0 bridgehead atoms. The number of para-hydroxylation sites is 1. The summed E-state index contributed by atoms with van der Waals surface area (Å²) >= 11 is 0. The van der Waals surface area contributed by atoms with E-state index in [4.69, 9.17) is 9.47 Å². The predicted molar refractivity (Wildman–Crippen MR) is 131 cm³/mol. The standard InChI is InChI=1S/C27H27N3O5/c1-3-34-23-15-19(13-14-22(23)35-16-18-9-5-4-6-10-18)24-17(2)29-27(25(24)30(32)33)20-11-7-8-12-21(20)28-26(27)31/h4-15,17,24-25,29H,3,16H2,1-2H3,(H,28,31)/t17-,24-,25+,27-/m0/s1. The van der Waals surface area contributed by atoms with Gasteiger partial charge in [-0.25, -0.2) is 0 Å². The molecule has 4 atom stereocenters. The van der Waals surface area contributed by atoms with Crippen LogP contribution >= 0.6 is 0 Å². The molecule has 1 fully saturated rings. The third kappa shape index (κ3) is 3.80. The van der Waals surface area contributed by atoms with Crippen LogP contribution in [-0.4, -0.2) is 29.5 Å². The molecule has 0 saturated carbocycles. The topological polar surface area (TPSA) is 103 Å². The number of nitro groups is 1. The molecule has 8 nitrogen and oxygen atoms in total. The van der Waals surface area contributed by atoms with Crippen molar-refractivity contribution in [3.05, 3.63) is 99.6 Å². The maximum Gasteiger partial charge on any atom is 0.256 e. The fourth-order valence-corrected chi connectivity index (χ4v) is 5.41. The second-order valence-electron chi connectivity index (χ2n) is 8.91. The highest BCUT2D eigenvalue weighted by atomic mass is 16.6. The van der Waals surface area contributed by atoms with Gasteiger partial charge in [-0.1, -0.05) is 54.6 Å². The van der Waals surface area contributed by atoms with E-state index in [0.29, 0.717) is 36.0 Å². The lowest BCUT2D eigenvalue weighted by Crippen LogP contribution is -2.54. The molecule has 2 aliphatic heterocycles. The van der Waals surface area contributed by atoms with E-state index in [0.717, 1.165) is 11.1 Å². The SMILES string of the molecule is CCOc1cc([C@@H]2[C@H](C)N[C@]3(C(=O)Nc4ccccc43)[C@@H]2[N+](=O)[O-])ccc1OCc1ccccc1. The third-order valence-electron chi connectivity index (χ3n) is 6.85. The Hall–Kier alpha value is -3.91. The van der Waals surface area contributed by atoms with E-state index in [-0.39, 0.29) is 11.0 Å². The van der Waals surface area contributed by atoms with Crippen molar-refractivity contribution in [2.75, 3.05) is 11.9 Å². The maximum absolute atomic E-state index is 13.2. The lowest BCUT2D eigenvalue weighted by Gasteiger charge is -2.25. The quantitative estimate of drug-likeness (QED) is 0.393. The average Bonchev–Trinajstić information content (AvgIpc) is 3.32. The summed E-state index contributed by atoms with van der Waals surface area (Å²) < 4.78 is 11.9. The van der Waals surface area contributed by atoms with Crippen LogP contribution in [0.1, 0.15) is 36.5 Å². The molecule has 0 radical (unpaired) electrons. The zero-order valence-corrected chi connectivity index (χ0v) is 19.6. The highest BCUT2D eigenvalue weighted by Gasteiger charge is 2.67. The van der Waals surface area contributed by atoms with Crippen molar-refractivity contribution in [1.29, 1.82) is 0 Å². The van der Waals surface area contributed by atoms with Crippen molar-refractivity contribution in [2.45, 2.75) is 44.0 Å². The smallest absolute Gasteiger partial charge is 0.256 e. The molecule has 8 heteroatoms. The summed E-state index contributed by atoms with van der Waals surface area (Å²) in [4.78, 5) is 25.4. The number of hydrogen-bond donors (Lipinski definition) is 2. The van der Waals surface area contributed by atoms with E-state index in [1.54, 1.807) is 36.4 Å². The summed E-state index contributed by atoms with van der Waals surface area (Å²) in [7, 11) is 0. The molecule has 1 spiro atoms. The van der Waals surface area contributed by atoms with Crippen molar-refractivity contribution < 1.29 is 19.2 Å². The molecule has 1 saturated heterocycles. The van der Waals surface area contributed by atoms with Crippen LogP contribution in [-0.2, 0) is 16.9 Å². The van der Waals surface area contributed by atoms with Gasteiger partial charge in [0.15, 0.2) is 17.0 Å². The number of rotatable bonds is 7. The zero-order valence-electron chi connectivity index (χ0n) is 19.6. The number of amides is 1. The van der Waals surface area contributed by atoms with Gasteiger partial charge in [0.1, 0.15) is 6.61 Å². The minimum absolute atomic E-state index is 0.330. The molecule has 0 aromatic heterocycles. The highest BCUT2D eigenvalue weighted by Crippen LogP contribution is 2.50. The van der Waals surface area contributed by atoms with E-state index in [2.05, 4.69) is 10.6 Å². The minimum atomic E-state index is -1.45. The third-order valence-corrected chi connectivity index (χ3v) is 6.85. The molecular formula is C27H27N3O5. The van der Waals surface area contributed by atoms with E-state index in [9.17, 15) is 14.9 Å². The molecule has 0 unspecified atom stereocenters. The van der Waals surface area contributed by atoms with Crippen LogP contribution in [0.25, 0.3) is 0 Å². The monoisotopic (exact) mass is 473 g/mol. The molecule has 2 heterocycles. The van der Waals surface area contributed by atoms with Crippen molar-refractivity contribution in [1.82, 2.24) is 5.32 Å². The number of benzene rings is 3. The molecule has 1 amide bonds. The first kappa shape index (κ1) is 22.9. The number of ether oxygens (including phenoxy) is 2. The summed E-state index contributed by atoms with van der Waals surface area (Å²) in [5.74, 6) is 0.119. The molecule has 180 valence electrons. The summed E-state index contributed by atoms with van der Waals surface area (Å²) in [6.45, 7) is 4.55. The van der Waals surface area contributed by atoms with Gasteiger partial charge in [-0.05, 0) is 43.2 Å². The van der Waals surface area contributed by atoms with Gasteiger partial charge < -0.3 is 14.8 Å². The largest absolute Gasteiger partial charge is 0.490 e. The summed E-state index contributed by atoms with van der Waals surface area (Å²) in [6.07, 6.45) is 0. The summed E-state index contributed by atoms with van der Waals surface area (Å²) in [5, 5.41) is 18.6. The molecule has 35 heavy (non-hydrogen) atoms. The first-order valence-electron chi connectivity index (χ1n) is 11.7. The Bertz CT molecular complexity index is 1260. The molecule has 2 aliphatic rings. The molecular weight excluding hydrogens is 446 g/mol. The number of anilines is 1. The van der Waals surface area contributed by atoms with Crippen molar-refractivity contribution in [2.24, 2.45) is 0 Å². The van der Waals surface area contributed by atoms with Crippen LogP contribution < -0.4 is 20.1 Å². The van der Waals surface area contributed by atoms with Gasteiger partial charge >= 0.3 is 0 Å². The Kier molecular flexibility index (Phi) is 5.90. The van der Waals surface area contributed by atoms with Crippen LogP contribution in [0.5, 0.6) is 11.5 Å². The lowest BCUT2D eigenvalue weighted by atomic mass is 9.78. The Morgan fingerprint density at radius 3 is 2.49 bits per heavy atom. The average molecular weight is 474 g/mol. The van der Waals surface area contributed by atoms with Gasteiger partial charge in [-0.15, -0.1) is 0 Å². The van der Waals surface area contributed by atoms with Crippen LogP contribution in [0.2, 0.25) is 0 Å². The van der Waals surface area contributed by atoms with Gasteiger partial charge in [0, 0.05) is 22.2 Å². The molecule has 2 N–H and O–H groups in total. The summed E-state index contributed by atoms with van der Waals surface area (Å²) in [5.41, 5.74) is 1.50. The molecule has 5 rings (SSSR count). The fraction of sp³-hybridized carbons (Fsp3) is 0.296. The minimum Gasteiger partial charge on any atom is -0.490 e. The van der Waals surface area contributed by atoms with Crippen LogP contribution in [0.15, 0.2) is 72.8 Å². The van der Waals surface area contributed by atoms with Gasteiger partial charge in [0.05, 0.1) is 12.5 Å². The number of carbonyl (C=O) groups excluding carboxylic acids is 1. The van der Waals surface area contributed by atoms with Gasteiger partial charge in [0.25, 0.3) is 11.9 Å². The second-order valence-corrected chi connectivity index (χ2v) is 8.91. The Morgan fingerprint density at radius 1 is 1.00 bits per heavy atom. The fourth-order valence-electron chi connectivity index (χ4n) is 5.41. The van der Waals surface area contributed by atoms with Crippen molar-refractivity contribution in [3.63, 3.8) is 0 Å². The second kappa shape index (κ2) is 9.03. The van der Waals surface area contributed by atoms with Crippen LogP contribution in [0.3, 0.4) is 0 Å². The van der Waals surface area contributed by atoms with Crippen LogP contribution in [0, 0.1) is 10.1 Å². The van der Waals surface area contributed by atoms with Crippen molar-refractivity contribution >= 4 is 11.6 Å². The normalized spacial score (nSPS) is 24.7. The van der Waals surface area contributed by atoms with Gasteiger partial charge in [-0.3, -0.25) is 20.2 Å². The maximum atomic E-state index is 13.2. The summed E-state index contributed by atoms with van der Waals surface area (Å²) in [6, 6.07) is 20.8. The van der Waals surface area contributed by atoms with E-state index in [1.165, 1.54) is 0 Å². The van der Waals surface area contributed by atoms with Crippen LogP contribution in [0.4, 0.5) is 5.69 Å². The molecule has 0 aliphatic carbocycles. The highest BCUT2D eigenvalue weighted by molar-refractivity contribution is 6.07. The number of carbonyl (C=O) groups is 1. The first-order valence-corrected chi connectivity index (χ1v) is 11.7. The number of hydrogen-bond acceptors (Lipinski definition) is 6. The number of nitrogens with zero attached hydrogens (tertiary/aromatic N) is 1. The Labute approximate surface area is 203 Å². The van der Waals surface area contributed by atoms with E-state index < -0.39 is 23.4 Å². The first-order chi connectivity index (χ1) is 17.0.